The van der Waals surface area contributed by atoms with Gasteiger partial charge in [0.05, 0.1) is 6.07 Å². The number of phenols is 1. The van der Waals surface area contributed by atoms with E-state index in [9.17, 15) is 5.11 Å². The van der Waals surface area contributed by atoms with E-state index in [4.69, 9.17) is 5.26 Å². The lowest BCUT2D eigenvalue weighted by Gasteiger charge is -2.20. The lowest BCUT2D eigenvalue weighted by Crippen LogP contribution is -2.11. The standard InChI is InChI=1S/C13H15NO/c1-13(2,3)11-9-10(5-4-8-14)6-7-12(11)15/h4-7,9,15H,1-3H3. The molecule has 0 radical (unpaired) electrons. The van der Waals surface area contributed by atoms with Gasteiger partial charge in [-0.15, -0.1) is 0 Å². The van der Waals surface area contributed by atoms with E-state index < -0.39 is 0 Å². The Morgan fingerprint density at radius 3 is 2.53 bits per heavy atom. The van der Waals surface area contributed by atoms with Crippen LogP contribution in [-0.4, -0.2) is 5.11 Å². The number of phenolic OH excluding ortho intramolecular Hbond substituents is 1. The van der Waals surface area contributed by atoms with E-state index in [-0.39, 0.29) is 5.41 Å². The Bertz CT molecular complexity index is 419. The first-order chi connectivity index (χ1) is 6.95. The Labute approximate surface area is 90.5 Å². The van der Waals surface area contributed by atoms with Crippen molar-refractivity contribution in [3.63, 3.8) is 0 Å². The maximum absolute atomic E-state index is 9.71. The molecule has 2 heteroatoms. The summed E-state index contributed by atoms with van der Waals surface area (Å²) in [6, 6.07) is 7.31. The quantitative estimate of drug-likeness (QED) is 0.709. The SMILES string of the molecule is CC(C)(C)c1cc(C=CC#N)ccc1O. The average molecular weight is 201 g/mol. The zero-order valence-corrected chi connectivity index (χ0v) is 9.28. The van der Waals surface area contributed by atoms with E-state index in [0.717, 1.165) is 11.1 Å². The lowest BCUT2D eigenvalue weighted by molar-refractivity contribution is 0.446. The molecule has 1 aromatic rings. The molecule has 0 saturated carbocycles. The van der Waals surface area contributed by atoms with E-state index in [1.165, 1.54) is 6.08 Å². The van der Waals surface area contributed by atoms with Gasteiger partial charge in [0.25, 0.3) is 0 Å². The molecule has 0 aromatic heterocycles. The van der Waals surface area contributed by atoms with Gasteiger partial charge < -0.3 is 5.11 Å². The summed E-state index contributed by atoms with van der Waals surface area (Å²) < 4.78 is 0. The molecule has 1 aromatic carbocycles. The van der Waals surface area contributed by atoms with Crippen LogP contribution in [0, 0.1) is 11.3 Å². The molecule has 0 spiro atoms. The first-order valence-electron chi connectivity index (χ1n) is 4.85. The minimum absolute atomic E-state index is 0.0967. The van der Waals surface area contributed by atoms with Gasteiger partial charge in [-0.1, -0.05) is 26.8 Å². The molecule has 0 aliphatic rings. The number of benzene rings is 1. The van der Waals surface area contributed by atoms with Crippen molar-refractivity contribution < 1.29 is 5.11 Å². The Balaban J connectivity index is 3.18. The molecule has 0 amide bonds. The second kappa shape index (κ2) is 4.18. The monoisotopic (exact) mass is 201 g/mol. The second-order valence-corrected chi connectivity index (χ2v) is 4.49. The molecule has 1 N–H and O–H groups in total. The molecule has 0 atom stereocenters. The highest BCUT2D eigenvalue weighted by molar-refractivity contribution is 5.56. The number of hydrogen-bond acceptors (Lipinski definition) is 2. The first kappa shape index (κ1) is 11.3. The number of aromatic hydroxyl groups is 1. The summed E-state index contributed by atoms with van der Waals surface area (Å²) in [6.07, 6.45) is 3.16. The van der Waals surface area contributed by atoms with Gasteiger partial charge in [-0.25, -0.2) is 0 Å². The molecule has 0 heterocycles. The molecule has 78 valence electrons. The van der Waals surface area contributed by atoms with Crippen molar-refractivity contribution in [2.75, 3.05) is 0 Å². The molecule has 0 aliphatic heterocycles. The summed E-state index contributed by atoms with van der Waals surface area (Å²) in [5, 5.41) is 18.1. The average Bonchev–Trinajstić information content (AvgIpc) is 2.15. The summed E-state index contributed by atoms with van der Waals surface area (Å²) in [5.41, 5.74) is 1.72. The van der Waals surface area contributed by atoms with Gasteiger partial charge in [0.15, 0.2) is 0 Å². The summed E-state index contributed by atoms with van der Waals surface area (Å²) in [7, 11) is 0. The predicted molar refractivity (Wildman–Crippen MR) is 61.5 cm³/mol. The third kappa shape index (κ3) is 2.85. The van der Waals surface area contributed by atoms with E-state index >= 15 is 0 Å². The van der Waals surface area contributed by atoms with E-state index in [1.807, 2.05) is 32.9 Å². The fourth-order valence-corrected chi connectivity index (χ4v) is 1.39. The first-order valence-corrected chi connectivity index (χ1v) is 4.85. The van der Waals surface area contributed by atoms with Gasteiger partial charge in [-0.05, 0) is 34.8 Å². The Hall–Kier alpha value is -1.75. The Kier molecular flexibility index (Phi) is 3.16. The van der Waals surface area contributed by atoms with Crippen LogP contribution in [0.15, 0.2) is 24.3 Å². The van der Waals surface area contributed by atoms with Gasteiger partial charge >= 0.3 is 0 Å². The molecule has 0 aliphatic carbocycles. The van der Waals surface area contributed by atoms with Crippen molar-refractivity contribution in [1.29, 1.82) is 5.26 Å². The van der Waals surface area contributed by atoms with Crippen molar-refractivity contribution in [2.45, 2.75) is 26.2 Å². The van der Waals surface area contributed by atoms with Crippen LogP contribution in [-0.2, 0) is 5.41 Å². The number of allylic oxidation sites excluding steroid dienone is 1. The highest BCUT2D eigenvalue weighted by Gasteiger charge is 2.17. The number of nitrogens with zero attached hydrogens (tertiary/aromatic N) is 1. The van der Waals surface area contributed by atoms with E-state index in [0.29, 0.717) is 5.75 Å². The van der Waals surface area contributed by atoms with Crippen LogP contribution in [0.2, 0.25) is 0 Å². The third-order valence-corrected chi connectivity index (χ3v) is 2.18. The number of rotatable bonds is 1. The van der Waals surface area contributed by atoms with Crippen molar-refractivity contribution in [1.82, 2.24) is 0 Å². The second-order valence-electron chi connectivity index (χ2n) is 4.49. The smallest absolute Gasteiger partial charge is 0.119 e. The van der Waals surface area contributed by atoms with Crippen LogP contribution in [0.5, 0.6) is 5.75 Å². The maximum atomic E-state index is 9.71. The molecule has 2 nitrogen and oxygen atoms in total. The van der Waals surface area contributed by atoms with Crippen LogP contribution in [0.3, 0.4) is 0 Å². The minimum atomic E-state index is -0.0967. The Morgan fingerprint density at radius 2 is 2.00 bits per heavy atom. The molecular weight excluding hydrogens is 186 g/mol. The van der Waals surface area contributed by atoms with Gasteiger partial charge in [-0.3, -0.25) is 0 Å². The van der Waals surface area contributed by atoms with Crippen molar-refractivity contribution in [3.8, 4) is 11.8 Å². The van der Waals surface area contributed by atoms with Crippen LogP contribution >= 0.6 is 0 Å². The predicted octanol–water partition coefficient (Wildman–Crippen LogP) is 3.23. The molecule has 0 bridgehead atoms. The van der Waals surface area contributed by atoms with E-state index in [1.54, 1.807) is 18.2 Å². The minimum Gasteiger partial charge on any atom is -0.508 e. The summed E-state index contributed by atoms with van der Waals surface area (Å²) in [5.74, 6) is 0.302. The zero-order valence-electron chi connectivity index (χ0n) is 9.28. The summed E-state index contributed by atoms with van der Waals surface area (Å²) in [6.45, 7) is 6.12. The summed E-state index contributed by atoms with van der Waals surface area (Å²) >= 11 is 0. The van der Waals surface area contributed by atoms with E-state index in [2.05, 4.69) is 0 Å². The Morgan fingerprint density at radius 1 is 1.33 bits per heavy atom. The maximum Gasteiger partial charge on any atom is 0.119 e. The normalized spacial score (nSPS) is 11.6. The van der Waals surface area contributed by atoms with Crippen LogP contribution in [0.4, 0.5) is 0 Å². The topological polar surface area (TPSA) is 44.0 Å². The summed E-state index contributed by atoms with van der Waals surface area (Å²) in [4.78, 5) is 0. The molecule has 1 rings (SSSR count). The molecule has 0 fully saturated rings. The van der Waals surface area contributed by atoms with Crippen molar-refractivity contribution >= 4 is 6.08 Å². The van der Waals surface area contributed by atoms with Gasteiger partial charge in [0.2, 0.25) is 0 Å². The lowest BCUT2D eigenvalue weighted by atomic mass is 9.85. The molecular formula is C13H15NO. The number of nitriles is 1. The van der Waals surface area contributed by atoms with Crippen molar-refractivity contribution in [2.24, 2.45) is 0 Å². The van der Waals surface area contributed by atoms with Crippen molar-refractivity contribution in [3.05, 3.63) is 35.4 Å². The van der Waals surface area contributed by atoms with Gasteiger partial charge in [-0.2, -0.15) is 5.26 Å². The largest absolute Gasteiger partial charge is 0.508 e. The van der Waals surface area contributed by atoms with Crippen LogP contribution in [0.1, 0.15) is 31.9 Å². The molecule has 0 saturated heterocycles. The van der Waals surface area contributed by atoms with Gasteiger partial charge in [0.1, 0.15) is 5.75 Å². The fraction of sp³-hybridized carbons (Fsp3) is 0.308. The molecule has 0 unspecified atom stereocenters. The number of hydrogen-bond donors (Lipinski definition) is 1. The third-order valence-electron chi connectivity index (χ3n) is 2.18. The fourth-order valence-electron chi connectivity index (χ4n) is 1.39. The van der Waals surface area contributed by atoms with Crippen LogP contribution < -0.4 is 0 Å². The highest BCUT2D eigenvalue weighted by atomic mass is 16.3. The van der Waals surface area contributed by atoms with Gasteiger partial charge in [0, 0.05) is 6.08 Å². The molecule has 15 heavy (non-hydrogen) atoms. The zero-order chi connectivity index (χ0) is 11.5. The van der Waals surface area contributed by atoms with Crippen LogP contribution in [0.25, 0.3) is 6.08 Å². The highest BCUT2D eigenvalue weighted by Crippen LogP contribution is 2.31.